The summed E-state index contributed by atoms with van der Waals surface area (Å²) in [6.45, 7) is 2.01. The van der Waals surface area contributed by atoms with Crippen LogP contribution < -0.4 is 0 Å². The zero-order valence-corrected chi connectivity index (χ0v) is 13.7. The van der Waals surface area contributed by atoms with Crippen molar-refractivity contribution in [2.24, 2.45) is 0 Å². The van der Waals surface area contributed by atoms with Crippen LogP contribution in [0.2, 0.25) is 0 Å². The topological polar surface area (TPSA) is 64.5 Å². The minimum atomic E-state index is 0.704. The van der Waals surface area contributed by atoms with Gasteiger partial charge in [-0.05, 0) is 42.8 Å². The third-order valence-corrected chi connectivity index (χ3v) is 3.77. The first-order valence-electron chi connectivity index (χ1n) is 7.94. The SMILES string of the molecule is Cc1ccc(-c2cccc(-c3nccnc3-c3ccccn3)n2)nc1. The van der Waals surface area contributed by atoms with Crippen LogP contribution in [-0.4, -0.2) is 24.9 Å². The Hall–Kier alpha value is -3.47. The van der Waals surface area contributed by atoms with Crippen molar-refractivity contribution in [3.63, 3.8) is 0 Å². The highest BCUT2D eigenvalue weighted by Crippen LogP contribution is 2.27. The molecule has 0 atom stereocenters. The van der Waals surface area contributed by atoms with Crippen molar-refractivity contribution >= 4 is 0 Å². The standard InChI is InChI=1S/C20H15N5/c1-14-8-9-15(24-13-14)16-6-4-7-18(25-16)20-19(22-11-12-23-20)17-5-2-3-10-21-17/h2-13H,1H3. The molecule has 0 N–H and O–H groups in total. The van der Waals surface area contributed by atoms with E-state index in [1.165, 1.54) is 0 Å². The first-order valence-corrected chi connectivity index (χ1v) is 7.94. The maximum absolute atomic E-state index is 4.74. The number of aryl methyl sites for hydroxylation is 1. The third-order valence-electron chi connectivity index (χ3n) is 3.77. The minimum Gasteiger partial charge on any atom is -0.255 e. The Morgan fingerprint density at radius 1 is 0.560 bits per heavy atom. The molecule has 0 saturated heterocycles. The van der Waals surface area contributed by atoms with Gasteiger partial charge < -0.3 is 0 Å². The van der Waals surface area contributed by atoms with Crippen LogP contribution in [0, 0.1) is 6.92 Å². The molecule has 0 aliphatic heterocycles. The molecule has 0 fully saturated rings. The molecule has 120 valence electrons. The first-order chi connectivity index (χ1) is 12.3. The molecule has 0 aliphatic carbocycles. The summed E-state index contributed by atoms with van der Waals surface area (Å²) >= 11 is 0. The Kier molecular flexibility index (Phi) is 3.96. The summed E-state index contributed by atoms with van der Waals surface area (Å²) in [5.41, 5.74) is 5.68. The van der Waals surface area contributed by atoms with Gasteiger partial charge in [0.15, 0.2) is 0 Å². The maximum atomic E-state index is 4.74. The van der Waals surface area contributed by atoms with Crippen molar-refractivity contribution in [2.75, 3.05) is 0 Å². The van der Waals surface area contributed by atoms with Crippen LogP contribution in [0.25, 0.3) is 34.2 Å². The maximum Gasteiger partial charge on any atom is 0.116 e. The van der Waals surface area contributed by atoms with Gasteiger partial charge in [-0.25, -0.2) is 4.98 Å². The summed E-state index contributed by atoms with van der Waals surface area (Å²) in [7, 11) is 0. The molecule has 0 radical (unpaired) electrons. The van der Waals surface area contributed by atoms with Crippen molar-refractivity contribution in [1.82, 2.24) is 24.9 Å². The van der Waals surface area contributed by atoms with E-state index < -0.39 is 0 Å². The zero-order chi connectivity index (χ0) is 17.1. The number of hydrogen-bond acceptors (Lipinski definition) is 5. The van der Waals surface area contributed by atoms with Gasteiger partial charge in [0.1, 0.15) is 11.4 Å². The van der Waals surface area contributed by atoms with E-state index in [2.05, 4.69) is 19.9 Å². The highest BCUT2D eigenvalue weighted by Gasteiger charge is 2.13. The van der Waals surface area contributed by atoms with E-state index in [1.807, 2.05) is 61.7 Å². The lowest BCUT2D eigenvalue weighted by Crippen LogP contribution is -1.97. The summed E-state index contributed by atoms with van der Waals surface area (Å²) in [5, 5.41) is 0. The lowest BCUT2D eigenvalue weighted by Gasteiger charge is -2.08. The monoisotopic (exact) mass is 325 g/mol. The van der Waals surface area contributed by atoms with Crippen LogP contribution >= 0.6 is 0 Å². The summed E-state index contributed by atoms with van der Waals surface area (Å²) in [4.78, 5) is 22.5. The summed E-state index contributed by atoms with van der Waals surface area (Å²) < 4.78 is 0. The van der Waals surface area contributed by atoms with E-state index in [1.54, 1.807) is 18.6 Å². The highest BCUT2D eigenvalue weighted by molar-refractivity contribution is 5.74. The first kappa shape index (κ1) is 15.1. The van der Waals surface area contributed by atoms with Crippen molar-refractivity contribution in [2.45, 2.75) is 6.92 Å². The van der Waals surface area contributed by atoms with Crippen LogP contribution in [0.4, 0.5) is 0 Å². The van der Waals surface area contributed by atoms with E-state index in [4.69, 9.17) is 4.98 Å². The van der Waals surface area contributed by atoms with E-state index in [0.717, 1.165) is 28.3 Å². The Labute approximate surface area is 145 Å². The second-order valence-electron chi connectivity index (χ2n) is 5.60. The molecular formula is C20H15N5. The predicted octanol–water partition coefficient (Wildman–Crippen LogP) is 3.97. The molecule has 25 heavy (non-hydrogen) atoms. The molecule has 4 aromatic heterocycles. The molecule has 0 saturated carbocycles. The summed E-state index contributed by atoms with van der Waals surface area (Å²) in [5.74, 6) is 0. The van der Waals surface area contributed by atoms with Gasteiger partial charge in [-0.3, -0.25) is 19.9 Å². The molecule has 0 spiro atoms. The van der Waals surface area contributed by atoms with E-state index >= 15 is 0 Å². The van der Waals surface area contributed by atoms with Gasteiger partial charge in [-0.15, -0.1) is 0 Å². The van der Waals surface area contributed by atoms with Crippen LogP contribution in [0.3, 0.4) is 0 Å². The Morgan fingerprint density at radius 2 is 1.32 bits per heavy atom. The number of pyridine rings is 3. The van der Waals surface area contributed by atoms with Crippen molar-refractivity contribution in [1.29, 1.82) is 0 Å². The average Bonchev–Trinajstić information content (AvgIpc) is 2.69. The largest absolute Gasteiger partial charge is 0.255 e. The van der Waals surface area contributed by atoms with Gasteiger partial charge in [0.25, 0.3) is 0 Å². The van der Waals surface area contributed by atoms with Crippen LogP contribution in [0.1, 0.15) is 5.56 Å². The van der Waals surface area contributed by atoms with E-state index in [0.29, 0.717) is 11.4 Å². The van der Waals surface area contributed by atoms with Gasteiger partial charge in [0, 0.05) is 24.8 Å². The molecule has 5 heteroatoms. The van der Waals surface area contributed by atoms with Crippen LogP contribution in [0.15, 0.2) is 73.3 Å². The van der Waals surface area contributed by atoms with E-state index in [-0.39, 0.29) is 0 Å². The predicted molar refractivity (Wildman–Crippen MR) is 96.5 cm³/mol. The third kappa shape index (κ3) is 3.12. The lowest BCUT2D eigenvalue weighted by molar-refractivity contribution is 1.15. The molecule has 0 aliphatic rings. The molecule has 4 rings (SSSR count). The van der Waals surface area contributed by atoms with Gasteiger partial charge in [0.2, 0.25) is 0 Å². The molecule has 0 bridgehead atoms. The molecule has 0 unspecified atom stereocenters. The molecule has 4 aromatic rings. The normalized spacial score (nSPS) is 10.6. The number of nitrogens with zero attached hydrogens (tertiary/aromatic N) is 5. The Bertz CT molecular complexity index is 998. The van der Waals surface area contributed by atoms with Gasteiger partial charge in [-0.1, -0.05) is 18.2 Å². The van der Waals surface area contributed by atoms with Gasteiger partial charge in [-0.2, -0.15) is 0 Å². The van der Waals surface area contributed by atoms with Crippen LogP contribution in [-0.2, 0) is 0 Å². The van der Waals surface area contributed by atoms with E-state index in [9.17, 15) is 0 Å². The Morgan fingerprint density at radius 3 is 2.04 bits per heavy atom. The highest BCUT2D eigenvalue weighted by atomic mass is 14.9. The fourth-order valence-corrected chi connectivity index (χ4v) is 2.54. The zero-order valence-electron chi connectivity index (χ0n) is 13.7. The van der Waals surface area contributed by atoms with Gasteiger partial charge in [0.05, 0.1) is 22.8 Å². The van der Waals surface area contributed by atoms with Crippen LogP contribution in [0.5, 0.6) is 0 Å². The quantitative estimate of drug-likeness (QED) is 0.570. The molecule has 0 amide bonds. The van der Waals surface area contributed by atoms with Crippen molar-refractivity contribution in [3.05, 3.63) is 78.9 Å². The van der Waals surface area contributed by atoms with Crippen molar-refractivity contribution < 1.29 is 0 Å². The molecular weight excluding hydrogens is 310 g/mol. The number of aromatic nitrogens is 5. The second-order valence-corrected chi connectivity index (χ2v) is 5.60. The fourth-order valence-electron chi connectivity index (χ4n) is 2.54. The molecule has 5 nitrogen and oxygen atoms in total. The second kappa shape index (κ2) is 6.57. The van der Waals surface area contributed by atoms with Crippen molar-refractivity contribution in [3.8, 4) is 34.2 Å². The summed E-state index contributed by atoms with van der Waals surface area (Å²) in [6, 6.07) is 15.5. The molecule has 4 heterocycles. The number of rotatable bonds is 3. The average molecular weight is 325 g/mol. The smallest absolute Gasteiger partial charge is 0.116 e. The van der Waals surface area contributed by atoms with Gasteiger partial charge >= 0.3 is 0 Å². The molecule has 0 aromatic carbocycles. The number of hydrogen-bond donors (Lipinski definition) is 0. The minimum absolute atomic E-state index is 0.704. The Balaban J connectivity index is 1.81. The fraction of sp³-hybridized carbons (Fsp3) is 0.0500. The summed E-state index contributed by atoms with van der Waals surface area (Å²) in [6.07, 6.45) is 6.92. The lowest BCUT2D eigenvalue weighted by atomic mass is 10.1.